The van der Waals surface area contributed by atoms with E-state index in [9.17, 15) is 19.1 Å². The Morgan fingerprint density at radius 2 is 2.25 bits per heavy atom. The van der Waals surface area contributed by atoms with E-state index in [0.29, 0.717) is 19.6 Å². The van der Waals surface area contributed by atoms with Crippen LogP contribution in [0.5, 0.6) is 0 Å². The second-order valence-electron chi connectivity index (χ2n) is 6.70. The molecule has 1 saturated heterocycles. The Labute approximate surface area is 141 Å². The highest BCUT2D eigenvalue weighted by Gasteiger charge is 2.32. The Hall–Kier alpha value is -1.99. The topological polar surface area (TPSA) is 81.7 Å². The number of nitrogens with one attached hydrogen (secondary N) is 2. The fourth-order valence-corrected chi connectivity index (χ4v) is 2.69. The molecule has 1 heterocycles. The number of hydrogen-bond donors (Lipinski definition) is 3. The van der Waals surface area contributed by atoms with E-state index in [4.69, 9.17) is 0 Å². The van der Waals surface area contributed by atoms with Gasteiger partial charge < -0.3 is 15.7 Å². The SMILES string of the molecule is CC(C)(CO)NC(=O)C[C@H]1C(=O)NCCN1Cc1cccc(F)c1. The number of aliphatic hydroxyl groups excluding tert-OH is 1. The molecule has 0 aliphatic carbocycles. The summed E-state index contributed by atoms with van der Waals surface area (Å²) in [7, 11) is 0. The molecule has 0 radical (unpaired) electrons. The third-order valence-corrected chi connectivity index (χ3v) is 3.97. The molecule has 1 aliphatic heterocycles. The van der Waals surface area contributed by atoms with Crippen LogP contribution < -0.4 is 10.6 Å². The van der Waals surface area contributed by atoms with Gasteiger partial charge in [0, 0.05) is 19.6 Å². The molecule has 1 fully saturated rings. The van der Waals surface area contributed by atoms with Gasteiger partial charge in [-0.25, -0.2) is 4.39 Å². The zero-order valence-corrected chi connectivity index (χ0v) is 14.0. The first-order chi connectivity index (χ1) is 11.3. The van der Waals surface area contributed by atoms with Gasteiger partial charge in [0.25, 0.3) is 0 Å². The van der Waals surface area contributed by atoms with E-state index < -0.39 is 11.6 Å². The Kier molecular flexibility index (Phi) is 5.90. The smallest absolute Gasteiger partial charge is 0.237 e. The molecular weight excluding hydrogens is 313 g/mol. The maximum absolute atomic E-state index is 13.3. The Morgan fingerprint density at radius 3 is 2.92 bits per heavy atom. The molecule has 132 valence electrons. The Balaban J connectivity index is 2.06. The van der Waals surface area contributed by atoms with E-state index in [2.05, 4.69) is 10.6 Å². The highest BCUT2D eigenvalue weighted by molar-refractivity contribution is 5.89. The van der Waals surface area contributed by atoms with E-state index in [-0.39, 0.29) is 30.7 Å². The maximum Gasteiger partial charge on any atom is 0.237 e. The van der Waals surface area contributed by atoms with Crippen molar-refractivity contribution in [2.24, 2.45) is 0 Å². The van der Waals surface area contributed by atoms with E-state index in [1.54, 1.807) is 26.0 Å². The van der Waals surface area contributed by atoms with Crippen molar-refractivity contribution in [3.8, 4) is 0 Å². The van der Waals surface area contributed by atoms with E-state index in [0.717, 1.165) is 5.56 Å². The summed E-state index contributed by atoms with van der Waals surface area (Å²) >= 11 is 0. The minimum Gasteiger partial charge on any atom is -0.394 e. The number of carbonyl (C=O) groups is 2. The molecule has 1 aliphatic rings. The van der Waals surface area contributed by atoms with Crippen LogP contribution in [0, 0.1) is 5.82 Å². The molecule has 0 unspecified atom stereocenters. The fourth-order valence-electron chi connectivity index (χ4n) is 2.69. The summed E-state index contributed by atoms with van der Waals surface area (Å²) in [6.45, 7) is 4.69. The summed E-state index contributed by atoms with van der Waals surface area (Å²) in [6, 6.07) is 5.60. The first-order valence-electron chi connectivity index (χ1n) is 7.99. The van der Waals surface area contributed by atoms with Crippen molar-refractivity contribution < 1.29 is 19.1 Å². The third kappa shape index (κ3) is 5.01. The normalized spacial score (nSPS) is 19.0. The quantitative estimate of drug-likeness (QED) is 0.702. The van der Waals surface area contributed by atoms with Crippen LogP contribution >= 0.6 is 0 Å². The summed E-state index contributed by atoms with van der Waals surface area (Å²) < 4.78 is 13.3. The number of rotatable bonds is 6. The molecule has 1 atom stereocenters. The maximum atomic E-state index is 13.3. The lowest BCUT2D eigenvalue weighted by Crippen LogP contribution is -2.57. The Bertz CT molecular complexity index is 606. The van der Waals surface area contributed by atoms with Gasteiger partial charge in [-0.15, -0.1) is 0 Å². The number of benzene rings is 1. The van der Waals surface area contributed by atoms with Gasteiger partial charge in [-0.3, -0.25) is 14.5 Å². The second-order valence-corrected chi connectivity index (χ2v) is 6.70. The monoisotopic (exact) mass is 337 g/mol. The molecule has 7 heteroatoms. The second kappa shape index (κ2) is 7.72. The lowest BCUT2D eigenvalue weighted by atomic mass is 10.0. The molecule has 0 bridgehead atoms. The predicted molar refractivity (Wildman–Crippen MR) is 87.5 cm³/mol. The molecule has 0 spiro atoms. The summed E-state index contributed by atoms with van der Waals surface area (Å²) in [5, 5.41) is 14.7. The van der Waals surface area contributed by atoms with Crippen LogP contribution in [-0.2, 0) is 16.1 Å². The van der Waals surface area contributed by atoms with Crippen molar-refractivity contribution in [3.05, 3.63) is 35.6 Å². The van der Waals surface area contributed by atoms with Crippen LogP contribution in [0.2, 0.25) is 0 Å². The van der Waals surface area contributed by atoms with Crippen LogP contribution in [0.15, 0.2) is 24.3 Å². The average molecular weight is 337 g/mol. The first kappa shape index (κ1) is 18.4. The fraction of sp³-hybridized carbons (Fsp3) is 0.529. The van der Waals surface area contributed by atoms with E-state index in [1.165, 1.54) is 12.1 Å². The lowest BCUT2D eigenvalue weighted by Gasteiger charge is -2.35. The Morgan fingerprint density at radius 1 is 1.50 bits per heavy atom. The van der Waals surface area contributed by atoms with Crippen molar-refractivity contribution in [2.45, 2.75) is 38.4 Å². The number of piperazine rings is 1. The van der Waals surface area contributed by atoms with Crippen LogP contribution in [0.4, 0.5) is 4.39 Å². The van der Waals surface area contributed by atoms with E-state index in [1.807, 2.05) is 4.90 Å². The number of halogens is 1. The van der Waals surface area contributed by atoms with Gasteiger partial charge in [0.05, 0.1) is 24.6 Å². The van der Waals surface area contributed by atoms with Gasteiger partial charge in [-0.2, -0.15) is 0 Å². The minimum atomic E-state index is -0.740. The molecule has 24 heavy (non-hydrogen) atoms. The molecular formula is C17H24FN3O3. The first-order valence-corrected chi connectivity index (χ1v) is 7.99. The van der Waals surface area contributed by atoms with Gasteiger partial charge in [0.2, 0.25) is 11.8 Å². The van der Waals surface area contributed by atoms with Gasteiger partial charge >= 0.3 is 0 Å². The predicted octanol–water partition coefficient (Wildman–Crippen LogP) is 0.403. The van der Waals surface area contributed by atoms with Crippen molar-refractivity contribution in [2.75, 3.05) is 19.7 Å². The summed E-state index contributed by atoms with van der Waals surface area (Å²) in [6.07, 6.45) is -0.00935. The van der Waals surface area contributed by atoms with Gasteiger partial charge in [-0.05, 0) is 31.5 Å². The molecule has 2 amide bonds. The summed E-state index contributed by atoms with van der Waals surface area (Å²) in [5.41, 5.74) is 0.0149. The van der Waals surface area contributed by atoms with Crippen LogP contribution in [-0.4, -0.2) is 53.1 Å². The van der Waals surface area contributed by atoms with Crippen LogP contribution in [0.3, 0.4) is 0 Å². The number of nitrogens with zero attached hydrogens (tertiary/aromatic N) is 1. The molecule has 1 aromatic carbocycles. The van der Waals surface area contributed by atoms with Crippen LogP contribution in [0.25, 0.3) is 0 Å². The molecule has 0 aromatic heterocycles. The molecule has 1 aromatic rings. The van der Waals surface area contributed by atoms with Gasteiger partial charge in [0.15, 0.2) is 0 Å². The van der Waals surface area contributed by atoms with Crippen molar-refractivity contribution in [1.82, 2.24) is 15.5 Å². The average Bonchev–Trinajstić information content (AvgIpc) is 2.50. The standard InChI is InChI=1S/C17H24FN3O3/c1-17(2,11-22)20-15(23)9-14-16(24)19-6-7-21(14)10-12-4-3-5-13(18)8-12/h3-5,8,14,22H,6-7,9-11H2,1-2H3,(H,19,24)(H,20,23)/t14-/m0/s1. The molecule has 3 N–H and O–H groups in total. The molecule has 2 rings (SSSR count). The van der Waals surface area contributed by atoms with Crippen molar-refractivity contribution in [1.29, 1.82) is 0 Å². The number of aliphatic hydroxyl groups is 1. The summed E-state index contributed by atoms with van der Waals surface area (Å²) in [4.78, 5) is 26.2. The van der Waals surface area contributed by atoms with Crippen LogP contribution in [0.1, 0.15) is 25.8 Å². The zero-order valence-electron chi connectivity index (χ0n) is 14.0. The lowest BCUT2D eigenvalue weighted by molar-refractivity contribution is -0.135. The van der Waals surface area contributed by atoms with Gasteiger partial charge in [-0.1, -0.05) is 12.1 Å². The highest BCUT2D eigenvalue weighted by atomic mass is 19.1. The van der Waals surface area contributed by atoms with Crippen molar-refractivity contribution >= 4 is 11.8 Å². The largest absolute Gasteiger partial charge is 0.394 e. The van der Waals surface area contributed by atoms with Gasteiger partial charge in [0.1, 0.15) is 5.82 Å². The number of amides is 2. The third-order valence-electron chi connectivity index (χ3n) is 3.97. The van der Waals surface area contributed by atoms with Crippen molar-refractivity contribution in [3.63, 3.8) is 0 Å². The zero-order chi connectivity index (χ0) is 17.7. The number of carbonyl (C=O) groups excluding carboxylic acids is 2. The highest BCUT2D eigenvalue weighted by Crippen LogP contribution is 2.15. The molecule has 0 saturated carbocycles. The van der Waals surface area contributed by atoms with E-state index >= 15 is 0 Å². The molecule has 6 nitrogen and oxygen atoms in total. The number of hydrogen-bond acceptors (Lipinski definition) is 4. The minimum absolute atomic E-state index is 0.00935. The summed E-state index contributed by atoms with van der Waals surface area (Å²) in [5.74, 6) is -0.845.